The molecule has 5 nitrogen and oxygen atoms in total. The van der Waals surface area contributed by atoms with Gasteiger partial charge in [-0.05, 0) is 31.2 Å². The maximum Gasteiger partial charge on any atom is 0.272 e. The summed E-state index contributed by atoms with van der Waals surface area (Å²) in [4.78, 5) is 4.30. The highest BCUT2D eigenvalue weighted by Crippen LogP contribution is 2.16. The molecule has 0 aliphatic heterocycles. The summed E-state index contributed by atoms with van der Waals surface area (Å²) in [7, 11) is 0. The van der Waals surface area contributed by atoms with Crippen molar-refractivity contribution in [2.24, 2.45) is 0 Å². The van der Waals surface area contributed by atoms with Crippen molar-refractivity contribution in [3.05, 3.63) is 42.1 Å². The summed E-state index contributed by atoms with van der Waals surface area (Å²) in [6.45, 7) is 1.80. The summed E-state index contributed by atoms with van der Waals surface area (Å²) in [5, 5.41) is 11.9. The summed E-state index contributed by atoms with van der Waals surface area (Å²) in [6, 6.07) is 6.07. The average Bonchev–Trinajstić information content (AvgIpc) is 2.72. The van der Waals surface area contributed by atoms with Crippen LogP contribution in [0.5, 0.6) is 0 Å². The molecule has 0 fully saturated rings. The van der Waals surface area contributed by atoms with Crippen LogP contribution < -0.4 is 0 Å². The minimum atomic E-state index is -0.277. The number of fused-ring (bicyclic) bond motifs is 1. The largest absolute Gasteiger partial charge is 0.272 e. The van der Waals surface area contributed by atoms with Gasteiger partial charge >= 0.3 is 0 Å². The molecule has 0 aliphatic carbocycles. The van der Waals surface area contributed by atoms with E-state index in [1.165, 1.54) is 12.1 Å². The van der Waals surface area contributed by atoms with Crippen molar-refractivity contribution in [1.82, 2.24) is 24.8 Å². The van der Waals surface area contributed by atoms with Crippen molar-refractivity contribution in [2.75, 3.05) is 0 Å². The molecule has 6 heteroatoms. The molecule has 0 amide bonds. The van der Waals surface area contributed by atoms with Crippen molar-refractivity contribution in [3.63, 3.8) is 0 Å². The molecule has 0 unspecified atom stereocenters. The maximum absolute atomic E-state index is 12.8. The predicted octanol–water partition coefficient (Wildman–Crippen LogP) is 1.63. The number of hydrogen-bond donors (Lipinski definition) is 0. The number of halogens is 1. The third-order valence-corrected chi connectivity index (χ3v) is 2.44. The van der Waals surface area contributed by atoms with Crippen LogP contribution in [0.15, 0.2) is 30.5 Å². The third-order valence-electron chi connectivity index (χ3n) is 2.44. The summed E-state index contributed by atoms with van der Waals surface area (Å²) < 4.78 is 14.3. The van der Waals surface area contributed by atoms with E-state index in [-0.39, 0.29) is 5.82 Å². The lowest BCUT2D eigenvalue weighted by Gasteiger charge is -2.00. The van der Waals surface area contributed by atoms with Crippen molar-refractivity contribution in [2.45, 2.75) is 6.92 Å². The Kier molecular flexibility index (Phi) is 2.07. The molecule has 2 heterocycles. The molecule has 1 aromatic carbocycles. The van der Waals surface area contributed by atoms with Crippen molar-refractivity contribution >= 4 is 5.78 Å². The molecule has 0 aliphatic rings. The zero-order chi connectivity index (χ0) is 11.8. The van der Waals surface area contributed by atoms with Crippen LogP contribution in [0.1, 0.15) is 5.82 Å². The van der Waals surface area contributed by atoms with Gasteiger partial charge in [0.2, 0.25) is 0 Å². The fourth-order valence-corrected chi connectivity index (χ4v) is 1.56. The molecule has 0 N–H and O–H groups in total. The first kappa shape index (κ1) is 9.83. The summed E-state index contributed by atoms with van der Waals surface area (Å²) in [6.07, 6.45) is 1.61. The molecule has 0 saturated heterocycles. The van der Waals surface area contributed by atoms with E-state index >= 15 is 0 Å². The molecule has 3 aromatic rings. The monoisotopic (exact) mass is 229 g/mol. The normalized spacial score (nSPS) is 10.9. The number of nitrogens with zero attached hydrogens (tertiary/aromatic N) is 5. The van der Waals surface area contributed by atoms with Crippen molar-refractivity contribution in [1.29, 1.82) is 0 Å². The van der Waals surface area contributed by atoms with Gasteiger partial charge in [0, 0.05) is 5.56 Å². The zero-order valence-electron chi connectivity index (χ0n) is 9.00. The van der Waals surface area contributed by atoms with Crippen LogP contribution in [0.4, 0.5) is 4.39 Å². The van der Waals surface area contributed by atoms with E-state index in [1.807, 2.05) is 0 Å². The van der Waals surface area contributed by atoms with Gasteiger partial charge in [-0.1, -0.05) is 0 Å². The lowest BCUT2D eigenvalue weighted by Crippen LogP contribution is -1.97. The molecular weight excluding hydrogens is 221 g/mol. The van der Waals surface area contributed by atoms with Crippen LogP contribution in [0.2, 0.25) is 0 Å². The van der Waals surface area contributed by atoms with E-state index in [0.29, 0.717) is 17.3 Å². The van der Waals surface area contributed by atoms with E-state index in [0.717, 1.165) is 5.56 Å². The van der Waals surface area contributed by atoms with Crippen LogP contribution in [-0.2, 0) is 0 Å². The van der Waals surface area contributed by atoms with Crippen LogP contribution in [0.3, 0.4) is 0 Å². The highest BCUT2D eigenvalue weighted by Gasteiger charge is 2.06. The van der Waals surface area contributed by atoms with Crippen LogP contribution >= 0.6 is 0 Å². The van der Waals surface area contributed by atoms with E-state index in [4.69, 9.17) is 0 Å². The molecule has 0 saturated carbocycles. The molecule has 3 rings (SSSR count). The quantitative estimate of drug-likeness (QED) is 0.636. The van der Waals surface area contributed by atoms with Crippen LogP contribution in [0, 0.1) is 12.7 Å². The average molecular weight is 229 g/mol. The Morgan fingerprint density at radius 1 is 1.12 bits per heavy atom. The van der Waals surface area contributed by atoms with Gasteiger partial charge in [0.05, 0.1) is 11.9 Å². The van der Waals surface area contributed by atoms with E-state index in [1.54, 1.807) is 29.8 Å². The highest BCUT2D eigenvalue weighted by atomic mass is 19.1. The maximum atomic E-state index is 12.8. The fourth-order valence-electron chi connectivity index (χ4n) is 1.56. The molecule has 0 bridgehead atoms. The number of aryl methyl sites for hydroxylation is 1. The molecule has 84 valence electrons. The van der Waals surface area contributed by atoms with Gasteiger partial charge in [0.15, 0.2) is 5.82 Å². The van der Waals surface area contributed by atoms with E-state index in [2.05, 4.69) is 20.3 Å². The molecule has 2 aromatic heterocycles. The third kappa shape index (κ3) is 1.63. The van der Waals surface area contributed by atoms with Gasteiger partial charge in [-0.3, -0.25) is 0 Å². The number of rotatable bonds is 1. The second kappa shape index (κ2) is 3.58. The number of benzene rings is 1. The first-order chi connectivity index (χ1) is 8.24. The summed E-state index contributed by atoms with van der Waals surface area (Å²) in [5.41, 5.74) is 1.44. The topological polar surface area (TPSA) is 56.0 Å². The molecule has 0 spiro atoms. The fraction of sp³-hybridized carbons (Fsp3) is 0.0909. The minimum absolute atomic E-state index is 0.277. The Balaban J connectivity index is 2.14. The smallest absolute Gasteiger partial charge is 0.208 e. The van der Waals surface area contributed by atoms with Gasteiger partial charge < -0.3 is 0 Å². The van der Waals surface area contributed by atoms with Gasteiger partial charge in [0.1, 0.15) is 5.82 Å². The zero-order valence-corrected chi connectivity index (χ0v) is 9.00. The SMILES string of the molecule is Cc1nnc2nc(-c3ccc(F)cc3)cnn12. The van der Waals surface area contributed by atoms with Crippen LogP contribution in [0.25, 0.3) is 17.0 Å². The Bertz CT molecular complexity index is 674. The first-order valence-corrected chi connectivity index (χ1v) is 5.05. The summed E-state index contributed by atoms with van der Waals surface area (Å²) in [5.74, 6) is 0.837. The van der Waals surface area contributed by atoms with Gasteiger partial charge in [0.25, 0.3) is 5.78 Å². The standard InChI is InChI=1S/C11H8FN5/c1-7-15-16-11-14-10(6-13-17(7)11)8-2-4-9(12)5-3-8/h2-6H,1H3. The molecule has 17 heavy (non-hydrogen) atoms. The molecule has 0 atom stereocenters. The Morgan fingerprint density at radius 2 is 1.88 bits per heavy atom. The Hall–Kier alpha value is -2.37. The molecular formula is C11H8FN5. The van der Waals surface area contributed by atoms with Gasteiger partial charge in [-0.25, -0.2) is 9.37 Å². The lowest BCUT2D eigenvalue weighted by atomic mass is 10.2. The predicted molar refractivity (Wildman–Crippen MR) is 58.7 cm³/mol. The first-order valence-electron chi connectivity index (χ1n) is 5.05. The molecule has 0 radical (unpaired) electrons. The second-order valence-electron chi connectivity index (χ2n) is 3.61. The van der Waals surface area contributed by atoms with Crippen molar-refractivity contribution in [3.8, 4) is 11.3 Å². The highest BCUT2D eigenvalue weighted by molar-refractivity contribution is 5.59. The Morgan fingerprint density at radius 3 is 2.65 bits per heavy atom. The van der Waals surface area contributed by atoms with Gasteiger partial charge in [-0.2, -0.15) is 9.61 Å². The second-order valence-corrected chi connectivity index (χ2v) is 3.61. The van der Waals surface area contributed by atoms with E-state index < -0.39 is 0 Å². The summed E-state index contributed by atoms with van der Waals surface area (Å²) >= 11 is 0. The lowest BCUT2D eigenvalue weighted by molar-refractivity contribution is 0.628. The number of aromatic nitrogens is 5. The van der Waals surface area contributed by atoms with Gasteiger partial charge in [-0.15, -0.1) is 10.2 Å². The van der Waals surface area contributed by atoms with E-state index in [9.17, 15) is 4.39 Å². The van der Waals surface area contributed by atoms with Crippen molar-refractivity contribution < 1.29 is 4.39 Å². The Labute approximate surface area is 96.0 Å². The minimum Gasteiger partial charge on any atom is -0.208 e. The van der Waals surface area contributed by atoms with Crippen LogP contribution in [-0.4, -0.2) is 24.8 Å². The number of hydrogen-bond acceptors (Lipinski definition) is 4.